The number of hydrogen-bond donors (Lipinski definition) is 5. The molecule has 0 aromatic heterocycles. The molecular formula is C11H15FN4O4. The van der Waals surface area contributed by atoms with Gasteiger partial charge in [0, 0.05) is 11.8 Å². The van der Waals surface area contributed by atoms with Gasteiger partial charge >= 0.3 is 0 Å². The van der Waals surface area contributed by atoms with E-state index in [1.807, 2.05) is 0 Å². The molecule has 9 heteroatoms. The number of carbonyl (C=O) groups excluding carboxylic acids is 1. The van der Waals surface area contributed by atoms with Gasteiger partial charge in [0.15, 0.2) is 12.4 Å². The second-order valence-corrected chi connectivity index (χ2v) is 4.92. The number of aliphatic hydroxyl groups excluding tert-OH is 2. The normalized spacial score (nSPS) is 40.6. The fraction of sp³-hybridized carbons (Fsp3) is 0.636. The van der Waals surface area contributed by atoms with Crippen LogP contribution < -0.4 is 10.6 Å². The Morgan fingerprint density at radius 2 is 2.35 bits per heavy atom. The largest absolute Gasteiger partial charge is 0.394 e. The predicted molar refractivity (Wildman–Crippen MR) is 64.2 cm³/mol. The Morgan fingerprint density at radius 1 is 1.60 bits per heavy atom. The first-order valence-corrected chi connectivity index (χ1v) is 6.22. The van der Waals surface area contributed by atoms with Gasteiger partial charge in [-0.2, -0.15) is 0 Å². The summed E-state index contributed by atoms with van der Waals surface area (Å²) in [7, 11) is 0. The summed E-state index contributed by atoms with van der Waals surface area (Å²) in [6, 6.07) is -0.647. The molecule has 0 aromatic carbocycles. The number of amidine groups is 1. The number of nitrogens with zero attached hydrogens (tertiary/aromatic N) is 1. The van der Waals surface area contributed by atoms with E-state index in [4.69, 9.17) is 15.3 Å². The molecule has 5 atom stereocenters. The molecule has 0 bridgehead atoms. The number of halogens is 1. The van der Waals surface area contributed by atoms with Crippen molar-refractivity contribution < 1.29 is 24.1 Å². The molecule has 3 heterocycles. The zero-order valence-corrected chi connectivity index (χ0v) is 10.4. The van der Waals surface area contributed by atoms with E-state index >= 15 is 0 Å². The molecule has 2 saturated heterocycles. The van der Waals surface area contributed by atoms with Gasteiger partial charge in [0.05, 0.1) is 13.3 Å². The third-order valence-corrected chi connectivity index (χ3v) is 3.68. The number of nitrogens with one attached hydrogen (secondary N) is 3. The minimum absolute atomic E-state index is 0.0713. The van der Waals surface area contributed by atoms with E-state index in [0.29, 0.717) is 5.70 Å². The van der Waals surface area contributed by atoms with Gasteiger partial charge in [-0.05, 0) is 0 Å². The lowest BCUT2D eigenvalue weighted by Crippen LogP contribution is -2.48. The summed E-state index contributed by atoms with van der Waals surface area (Å²) in [5.41, 5.74) is 0.452. The molecule has 0 spiro atoms. The lowest BCUT2D eigenvalue weighted by molar-refractivity contribution is -0.121. The van der Waals surface area contributed by atoms with Crippen LogP contribution in [0.1, 0.15) is 0 Å². The lowest BCUT2D eigenvalue weighted by Gasteiger charge is -2.30. The maximum absolute atomic E-state index is 13.7. The van der Waals surface area contributed by atoms with Gasteiger partial charge in [0.1, 0.15) is 24.1 Å². The molecule has 0 saturated carbocycles. The zero-order chi connectivity index (χ0) is 14.4. The molecule has 3 aliphatic rings. The Morgan fingerprint density at radius 3 is 3.00 bits per heavy atom. The first-order chi connectivity index (χ1) is 9.52. The molecule has 0 aromatic rings. The van der Waals surface area contributed by atoms with E-state index in [1.54, 1.807) is 0 Å². The topological polar surface area (TPSA) is 118 Å². The second kappa shape index (κ2) is 4.77. The molecule has 3 rings (SSSR count). The summed E-state index contributed by atoms with van der Waals surface area (Å²) < 4.78 is 19.0. The zero-order valence-electron chi connectivity index (χ0n) is 10.4. The van der Waals surface area contributed by atoms with Crippen LogP contribution in [0.5, 0.6) is 0 Å². The Balaban J connectivity index is 1.85. The van der Waals surface area contributed by atoms with Crippen molar-refractivity contribution in [1.29, 1.82) is 5.41 Å². The van der Waals surface area contributed by atoms with Crippen molar-refractivity contribution in [2.45, 2.75) is 30.6 Å². The third-order valence-electron chi connectivity index (χ3n) is 3.68. The Kier molecular flexibility index (Phi) is 3.21. The molecule has 8 nitrogen and oxygen atoms in total. The van der Waals surface area contributed by atoms with Crippen LogP contribution in [-0.2, 0) is 9.53 Å². The van der Waals surface area contributed by atoms with Crippen molar-refractivity contribution in [2.24, 2.45) is 0 Å². The Bertz CT molecular complexity index is 485. The number of hydrogen-bond acceptors (Lipinski definition) is 7. The maximum Gasteiger partial charge on any atom is 0.248 e. The summed E-state index contributed by atoms with van der Waals surface area (Å²) in [6.45, 7) is -0.349. The van der Waals surface area contributed by atoms with E-state index in [9.17, 15) is 14.3 Å². The van der Waals surface area contributed by atoms with Crippen LogP contribution in [0.25, 0.3) is 0 Å². The van der Waals surface area contributed by atoms with E-state index in [2.05, 4.69) is 10.6 Å². The van der Waals surface area contributed by atoms with Crippen LogP contribution in [0, 0.1) is 5.41 Å². The highest BCUT2D eigenvalue weighted by atomic mass is 19.1. The summed E-state index contributed by atoms with van der Waals surface area (Å²) in [6.07, 6.45) is -3.77. The molecule has 110 valence electrons. The number of alkyl halides is 1. The SMILES string of the molecule is N=C1C=C2C(NCN2[C@@H]2O[C@H](CO)[C@@H](F)[C@H]2O)C(=O)N1. The Hall–Kier alpha value is -1.55. The monoisotopic (exact) mass is 286 g/mol. The average molecular weight is 286 g/mol. The quantitative estimate of drug-likeness (QED) is 0.387. The molecule has 0 aliphatic carbocycles. The molecule has 2 fully saturated rings. The van der Waals surface area contributed by atoms with Crippen molar-refractivity contribution >= 4 is 11.7 Å². The van der Waals surface area contributed by atoms with E-state index < -0.39 is 37.3 Å². The van der Waals surface area contributed by atoms with Crippen molar-refractivity contribution in [2.75, 3.05) is 13.3 Å². The summed E-state index contributed by atoms with van der Waals surface area (Å²) in [4.78, 5) is 13.2. The van der Waals surface area contributed by atoms with Crippen LogP contribution in [0.2, 0.25) is 0 Å². The summed E-state index contributed by atoms with van der Waals surface area (Å²) in [5, 5.41) is 31.7. The highest BCUT2D eigenvalue weighted by Gasteiger charge is 2.50. The summed E-state index contributed by atoms with van der Waals surface area (Å²) in [5.74, 6) is -0.448. The van der Waals surface area contributed by atoms with Gasteiger partial charge in [0.25, 0.3) is 0 Å². The number of aliphatic hydroxyl groups is 2. The van der Waals surface area contributed by atoms with Crippen LogP contribution in [0.3, 0.4) is 0 Å². The van der Waals surface area contributed by atoms with Crippen molar-refractivity contribution in [3.63, 3.8) is 0 Å². The van der Waals surface area contributed by atoms with E-state index in [0.717, 1.165) is 0 Å². The van der Waals surface area contributed by atoms with E-state index in [-0.39, 0.29) is 18.4 Å². The number of ether oxygens (including phenoxy) is 1. The average Bonchev–Trinajstić information content (AvgIpc) is 2.93. The first kappa shape index (κ1) is 13.4. The number of rotatable bonds is 2. The molecule has 1 unspecified atom stereocenters. The minimum Gasteiger partial charge on any atom is -0.394 e. The molecule has 0 radical (unpaired) electrons. The maximum atomic E-state index is 13.7. The van der Waals surface area contributed by atoms with Crippen LogP contribution in [0.15, 0.2) is 11.8 Å². The fourth-order valence-corrected chi connectivity index (χ4v) is 2.68. The predicted octanol–water partition coefficient (Wildman–Crippen LogP) is -2.38. The smallest absolute Gasteiger partial charge is 0.248 e. The van der Waals surface area contributed by atoms with E-state index in [1.165, 1.54) is 11.0 Å². The highest BCUT2D eigenvalue weighted by Crippen LogP contribution is 2.31. The fourth-order valence-electron chi connectivity index (χ4n) is 2.68. The van der Waals surface area contributed by atoms with Gasteiger partial charge in [-0.3, -0.25) is 15.5 Å². The first-order valence-electron chi connectivity index (χ1n) is 6.22. The van der Waals surface area contributed by atoms with Gasteiger partial charge in [-0.25, -0.2) is 4.39 Å². The van der Waals surface area contributed by atoms with Crippen LogP contribution in [-0.4, -0.2) is 70.8 Å². The molecule has 20 heavy (non-hydrogen) atoms. The molecule has 3 aliphatic heterocycles. The molecular weight excluding hydrogens is 271 g/mol. The van der Waals surface area contributed by atoms with Crippen molar-refractivity contribution in [3.05, 3.63) is 11.8 Å². The number of fused-ring (bicyclic) bond motifs is 1. The van der Waals surface area contributed by atoms with Crippen LogP contribution >= 0.6 is 0 Å². The van der Waals surface area contributed by atoms with Gasteiger partial charge in [0.2, 0.25) is 5.91 Å². The highest BCUT2D eigenvalue weighted by molar-refractivity contribution is 6.09. The molecule has 5 N–H and O–H groups in total. The minimum atomic E-state index is -1.69. The van der Waals surface area contributed by atoms with Crippen molar-refractivity contribution in [3.8, 4) is 0 Å². The molecule has 1 amide bonds. The van der Waals surface area contributed by atoms with Gasteiger partial charge in [-0.15, -0.1) is 0 Å². The van der Waals surface area contributed by atoms with Gasteiger partial charge < -0.3 is 25.2 Å². The third kappa shape index (κ3) is 1.90. The number of carbonyl (C=O) groups is 1. The lowest BCUT2D eigenvalue weighted by atomic mass is 10.1. The summed E-state index contributed by atoms with van der Waals surface area (Å²) >= 11 is 0. The van der Waals surface area contributed by atoms with Crippen molar-refractivity contribution in [1.82, 2.24) is 15.5 Å². The van der Waals surface area contributed by atoms with Crippen LogP contribution in [0.4, 0.5) is 4.39 Å². The van der Waals surface area contributed by atoms with Gasteiger partial charge in [-0.1, -0.05) is 0 Å². The standard InChI is InChI=1S/C11H15FN4O4/c12-7-5(2-17)20-11(9(7)18)16-3-14-8-4(16)1-6(13)15-10(8)19/h1,5,7-9,11,14,17-18H,2-3H2,(H2,13,15,19)/t5-,7-,8?,9-,11-/m1/s1. The second-order valence-electron chi connectivity index (χ2n) is 4.92. The number of amides is 1. The Labute approximate surface area is 113 Å².